The number of hydrogen-bond acceptors (Lipinski definition) is 6. The average molecular weight is 477 g/mol. The summed E-state index contributed by atoms with van der Waals surface area (Å²) in [7, 11) is -3.65. The lowest BCUT2D eigenvalue weighted by Crippen LogP contribution is -2.45. The molecular weight excluding hydrogens is 444 g/mol. The smallest absolute Gasteiger partial charge is 0.268 e. The topological polar surface area (TPSA) is 104 Å². The third-order valence-electron chi connectivity index (χ3n) is 5.96. The molecule has 0 bridgehead atoms. The number of carbonyl (C=O) groups excluding carboxylic acids is 1. The van der Waals surface area contributed by atoms with Crippen molar-refractivity contribution in [2.45, 2.75) is 44.0 Å². The van der Waals surface area contributed by atoms with Crippen LogP contribution in [0.25, 0.3) is 0 Å². The summed E-state index contributed by atoms with van der Waals surface area (Å²) < 4.78 is 38.0. The number of morpholine rings is 2. The molecule has 3 heterocycles. The Morgan fingerprint density at radius 3 is 2.48 bits per heavy atom. The summed E-state index contributed by atoms with van der Waals surface area (Å²) in [4.78, 5) is 18.0. The van der Waals surface area contributed by atoms with Gasteiger partial charge in [0.15, 0.2) is 0 Å². The molecule has 0 radical (unpaired) electrons. The molecule has 2 fully saturated rings. The molecule has 33 heavy (non-hydrogen) atoms. The van der Waals surface area contributed by atoms with E-state index in [0.29, 0.717) is 32.8 Å². The normalized spacial score (nSPS) is 22.8. The molecule has 1 amide bonds. The molecule has 10 heteroatoms. The number of aromatic amines is 1. The fraction of sp³-hybridized carbons (Fsp3) is 0.522. The maximum absolute atomic E-state index is 12.8. The number of aromatic nitrogens is 1. The number of sulfonamides is 1. The van der Waals surface area contributed by atoms with Crippen molar-refractivity contribution >= 4 is 15.9 Å². The molecule has 2 aliphatic heterocycles. The molecule has 2 unspecified atom stereocenters. The van der Waals surface area contributed by atoms with E-state index in [1.54, 1.807) is 0 Å². The summed E-state index contributed by atoms with van der Waals surface area (Å²) >= 11 is 0. The standard InChI is InChI=1S/C23H32N4O5S/c1-17-14-26(15-18(2)32-17)16-20-6-4-3-5-19(20)12-25-23(28)22-11-21(13-24-22)33(29,30)27-7-9-31-10-8-27/h3-6,11,13,17-18,24H,7-10,12,14-16H2,1-2H3,(H,25,28). The van der Waals surface area contributed by atoms with Gasteiger partial charge in [-0.1, -0.05) is 24.3 Å². The monoisotopic (exact) mass is 476 g/mol. The van der Waals surface area contributed by atoms with E-state index in [1.165, 1.54) is 16.6 Å². The predicted molar refractivity (Wildman–Crippen MR) is 123 cm³/mol. The summed E-state index contributed by atoms with van der Waals surface area (Å²) in [5.41, 5.74) is 2.40. The molecule has 2 aliphatic rings. The van der Waals surface area contributed by atoms with Crippen LogP contribution in [0.2, 0.25) is 0 Å². The molecule has 4 rings (SSSR count). The largest absolute Gasteiger partial charge is 0.379 e. The van der Waals surface area contributed by atoms with Gasteiger partial charge in [0.2, 0.25) is 10.0 Å². The molecule has 0 aliphatic carbocycles. The lowest BCUT2D eigenvalue weighted by molar-refractivity contribution is -0.0705. The van der Waals surface area contributed by atoms with Crippen LogP contribution < -0.4 is 5.32 Å². The lowest BCUT2D eigenvalue weighted by Gasteiger charge is -2.35. The Hall–Kier alpha value is -2.24. The van der Waals surface area contributed by atoms with Gasteiger partial charge < -0.3 is 19.8 Å². The minimum atomic E-state index is -3.65. The number of hydrogen-bond donors (Lipinski definition) is 2. The molecule has 9 nitrogen and oxygen atoms in total. The van der Waals surface area contributed by atoms with Gasteiger partial charge in [-0.25, -0.2) is 8.42 Å². The van der Waals surface area contributed by atoms with E-state index in [0.717, 1.165) is 30.8 Å². The highest BCUT2D eigenvalue weighted by Crippen LogP contribution is 2.19. The highest BCUT2D eigenvalue weighted by molar-refractivity contribution is 7.89. The molecule has 1 aromatic heterocycles. The van der Waals surface area contributed by atoms with Gasteiger partial charge in [-0.05, 0) is 31.0 Å². The molecule has 0 saturated carbocycles. The van der Waals surface area contributed by atoms with Gasteiger partial charge in [0, 0.05) is 45.5 Å². The van der Waals surface area contributed by atoms with Gasteiger partial charge >= 0.3 is 0 Å². The van der Waals surface area contributed by atoms with Gasteiger partial charge in [-0.15, -0.1) is 0 Å². The van der Waals surface area contributed by atoms with Crippen LogP contribution >= 0.6 is 0 Å². The van der Waals surface area contributed by atoms with Crippen LogP contribution in [-0.2, 0) is 32.6 Å². The third-order valence-corrected chi connectivity index (χ3v) is 7.83. The molecular formula is C23H32N4O5S. The van der Waals surface area contributed by atoms with Crippen molar-refractivity contribution in [3.8, 4) is 0 Å². The molecule has 180 valence electrons. The van der Waals surface area contributed by atoms with Gasteiger partial charge in [0.05, 0.1) is 25.4 Å². The first-order valence-corrected chi connectivity index (χ1v) is 12.8. The second-order valence-electron chi connectivity index (χ2n) is 8.67. The zero-order valence-corrected chi connectivity index (χ0v) is 19.9. The van der Waals surface area contributed by atoms with Crippen molar-refractivity contribution in [1.82, 2.24) is 19.5 Å². The molecule has 2 aromatic rings. The summed E-state index contributed by atoms with van der Waals surface area (Å²) in [6.45, 7) is 8.42. The van der Waals surface area contributed by atoms with E-state index in [4.69, 9.17) is 9.47 Å². The number of nitrogens with zero attached hydrogens (tertiary/aromatic N) is 2. The van der Waals surface area contributed by atoms with E-state index in [-0.39, 0.29) is 28.7 Å². The second kappa shape index (κ2) is 10.4. The van der Waals surface area contributed by atoms with Crippen molar-refractivity contribution in [2.24, 2.45) is 0 Å². The first kappa shape index (κ1) is 23.9. The summed E-state index contributed by atoms with van der Waals surface area (Å²) in [6, 6.07) is 9.43. The SMILES string of the molecule is CC1CN(Cc2ccccc2CNC(=O)c2cc(S(=O)(=O)N3CCOCC3)c[nH]2)CC(C)O1. The number of rotatable bonds is 7. The second-order valence-corrected chi connectivity index (χ2v) is 10.6. The Kier molecular flexibility index (Phi) is 7.50. The lowest BCUT2D eigenvalue weighted by atomic mass is 10.1. The predicted octanol–water partition coefficient (Wildman–Crippen LogP) is 1.57. The molecule has 2 saturated heterocycles. The van der Waals surface area contributed by atoms with Crippen molar-refractivity contribution in [3.63, 3.8) is 0 Å². The van der Waals surface area contributed by atoms with Crippen molar-refractivity contribution in [1.29, 1.82) is 0 Å². The van der Waals surface area contributed by atoms with E-state index in [1.807, 2.05) is 18.2 Å². The van der Waals surface area contributed by atoms with Crippen LogP contribution in [0.3, 0.4) is 0 Å². The van der Waals surface area contributed by atoms with Gasteiger partial charge in [-0.3, -0.25) is 9.69 Å². The van der Waals surface area contributed by atoms with E-state index >= 15 is 0 Å². The summed E-state index contributed by atoms with van der Waals surface area (Å²) in [5, 5.41) is 2.91. The van der Waals surface area contributed by atoms with E-state index < -0.39 is 10.0 Å². The molecule has 2 atom stereocenters. The fourth-order valence-electron chi connectivity index (χ4n) is 4.40. The summed E-state index contributed by atoms with van der Waals surface area (Å²) in [6.07, 6.45) is 1.75. The highest BCUT2D eigenvalue weighted by atomic mass is 32.2. The van der Waals surface area contributed by atoms with Crippen molar-refractivity contribution in [3.05, 3.63) is 53.3 Å². The van der Waals surface area contributed by atoms with Crippen LogP contribution in [0, 0.1) is 0 Å². The van der Waals surface area contributed by atoms with Gasteiger partial charge in [-0.2, -0.15) is 4.31 Å². The van der Waals surface area contributed by atoms with Crippen LogP contribution in [0.5, 0.6) is 0 Å². The number of amides is 1. The average Bonchev–Trinajstić information content (AvgIpc) is 3.30. The summed E-state index contributed by atoms with van der Waals surface area (Å²) in [5.74, 6) is -0.346. The third kappa shape index (κ3) is 5.82. The number of nitrogens with one attached hydrogen (secondary N) is 2. The first-order valence-electron chi connectivity index (χ1n) is 11.3. The number of H-pyrrole nitrogens is 1. The van der Waals surface area contributed by atoms with Gasteiger partial charge in [0.1, 0.15) is 10.6 Å². The zero-order chi connectivity index (χ0) is 23.4. The number of carbonyl (C=O) groups is 1. The van der Waals surface area contributed by atoms with Gasteiger partial charge in [0.25, 0.3) is 5.91 Å². The Balaban J connectivity index is 1.39. The Morgan fingerprint density at radius 2 is 1.79 bits per heavy atom. The number of benzene rings is 1. The van der Waals surface area contributed by atoms with Crippen LogP contribution in [0.4, 0.5) is 0 Å². The Labute approximate surface area is 195 Å². The molecule has 0 spiro atoms. The fourth-order valence-corrected chi connectivity index (χ4v) is 5.80. The van der Waals surface area contributed by atoms with E-state index in [9.17, 15) is 13.2 Å². The van der Waals surface area contributed by atoms with E-state index in [2.05, 4.69) is 35.1 Å². The molecule has 1 aromatic carbocycles. The minimum Gasteiger partial charge on any atom is -0.379 e. The minimum absolute atomic E-state index is 0.0884. The first-order chi connectivity index (χ1) is 15.8. The van der Waals surface area contributed by atoms with Crippen molar-refractivity contribution in [2.75, 3.05) is 39.4 Å². The molecule has 2 N–H and O–H groups in total. The number of ether oxygens (including phenoxy) is 2. The van der Waals surface area contributed by atoms with Crippen LogP contribution in [-0.4, -0.2) is 80.1 Å². The Morgan fingerprint density at radius 1 is 1.12 bits per heavy atom. The van der Waals surface area contributed by atoms with Crippen molar-refractivity contribution < 1.29 is 22.7 Å². The maximum atomic E-state index is 12.8. The van der Waals surface area contributed by atoms with Crippen LogP contribution in [0.15, 0.2) is 41.4 Å². The van der Waals surface area contributed by atoms with Crippen LogP contribution in [0.1, 0.15) is 35.5 Å². The highest BCUT2D eigenvalue weighted by Gasteiger charge is 2.28. The zero-order valence-electron chi connectivity index (χ0n) is 19.1. The maximum Gasteiger partial charge on any atom is 0.268 e. The quantitative estimate of drug-likeness (QED) is 0.629. The Bertz CT molecular complexity index is 1050.